The summed E-state index contributed by atoms with van der Waals surface area (Å²) in [6.45, 7) is 1.46. The van der Waals surface area contributed by atoms with Crippen LogP contribution in [0.15, 0.2) is 231 Å². The Bertz CT molecular complexity index is 2610. The smallest absolute Gasteiger partial charge is 0.178 e. The second-order valence-corrected chi connectivity index (χ2v) is 23.6. The van der Waals surface area contributed by atoms with Crippen LogP contribution in [0.5, 0.6) is 23.0 Å². The highest BCUT2D eigenvalue weighted by atomic mass is 31.2. The topological polar surface area (TPSA) is 83.1 Å². The molecule has 8 rings (SSSR count). The summed E-state index contributed by atoms with van der Waals surface area (Å²) in [4.78, 5) is 25.9. The Balaban J connectivity index is 0.847. The molecule has 0 aliphatic heterocycles. The molecule has 0 unspecified atom stereocenters. The van der Waals surface area contributed by atoms with Gasteiger partial charge < -0.3 is 18.9 Å². The van der Waals surface area contributed by atoms with E-state index in [-0.39, 0.29) is 18.0 Å². The number of carbonyl (C=O) groups excluding carboxylic acids is 2. The Hall–Kier alpha value is -7.40. The predicted molar refractivity (Wildman–Crippen MR) is 297 cm³/mol. The predicted octanol–water partition coefficient (Wildman–Crippen LogP) is 10.6. The van der Waals surface area contributed by atoms with Crippen molar-refractivity contribution >= 4 is 70.2 Å². The molecule has 0 fully saturated rings. The normalized spacial score (nSPS) is 11.6. The van der Waals surface area contributed by atoms with Gasteiger partial charge in [0.2, 0.25) is 0 Å². The average Bonchev–Trinajstić information content (AvgIpc) is 3.44. The highest BCUT2D eigenvalue weighted by Gasteiger charge is 2.46. The van der Waals surface area contributed by atoms with E-state index in [4.69, 9.17) is 18.9 Å². The lowest BCUT2D eigenvalue weighted by Gasteiger charge is -2.27. The van der Waals surface area contributed by atoms with Crippen LogP contribution in [-0.2, 0) is 9.59 Å². The minimum Gasteiger partial charge on any atom is -0.493 e. The molecule has 7 nitrogen and oxygen atoms in total. The van der Waals surface area contributed by atoms with Crippen LogP contribution >= 0.6 is 14.7 Å². The van der Waals surface area contributed by atoms with E-state index >= 15 is 0 Å². The molecule has 0 heterocycles. The first kappa shape index (κ1) is 50.0. The fraction of sp³-hybridized carbons (Fsp3) is 0.129. The third-order valence-electron chi connectivity index (χ3n) is 12.3. The van der Waals surface area contributed by atoms with E-state index in [0.717, 1.165) is 23.7 Å². The minimum absolute atomic E-state index is 0.269. The minimum atomic E-state index is -2.23. The van der Waals surface area contributed by atoms with Crippen LogP contribution < -0.4 is 55.9 Å². The molecule has 0 amide bonds. The van der Waals surface area contributed by atoms with Crippen molar-refractivity contribution in [3.8, 4) is 23.0 Å². The molecule has 0 saturated carbocycles. The first-order valence-corrected chi connectivity index (χ1v) is 27.6. The van der Waals surface area contributed by atoms with Crippen molar-refractivity contribution in [3.63, 3.8) is 0 Å². The first-order valence-electron chi connectivity index (χ1n) is 23.8. The number of carbonyl (C=O) groups is 2. The van der Waals surface area contributed by atoms with Crippen LogP contribution in [-0.4, -0.2) is 51.7 Å². The van der Waals surface area contributed by atoms with E-state index in [1.807, 2.05) is 54.6 Å². The number of ether oxygens (including phenoxy) is 4. The molecule has 0 aliphatic carbocycles. The molecular formula is C62H59NO6P2+2. The molecule has 0 aromatic heterocycles. The fourth-order valence-corrected chi connectivity index (χ4v) is 16.9. The molecular weight excluding hydrogens is 917 g/mol. The van der Waals surface area contributed by atoms with E-state index in [0.29, 0.717) is 42.8 Å². The summed E-state index contributed by atoms with van der Waals surface area (Å²) in [7, 11) is -1.01. The third-order valence-corrected chi connectivity index (χ3v) is 20.7. The third kappa shape index (κ3) is 12.3. The summed E-state index contributed by atoms with van der Waals surface area (Å²) >= 11 is 0. The number of nitrogens with one attached hydrogen (secondary N) is 1. The molecule has 0 spiro atoms. The standard InChI is InChI=1S/C62H59NO6P2/c1-66-61-46-49(36-40-59(61)68-43-21-45-70(53-22-9-3-10-23-53,54-24-11-4-12-25-54)55-26-13-5-14-27-55)34-38-51(64)48-52(65)39-35-50-37-41-60(62(47-50)67-2)69-44-42-63-71(56-28-15-6-16-29-56,57-30-17-7-18-31-57)58-32-19-8-20-33-58/h3-20,22-41,46-47,63H,21,42-45,48H2,1-2H3/q+2/b38-34+,39-35+. The van der Waals surface area contributed by atoms with E-state index in [2.05, 4.69) is 169 Å². The average molecular weight is 976 g/mol. The zero-order valence-corrected chi connectivity index (χ0v) is 42.0. The van der Waals surface area contributed by atoms with E-state index in [1.165, 1.54) is 44.0 Å². The molecule has 1 N–H and O–H groups in total. The Morgan fingerprint density at radius 1 is 0.437 bits per heavy atom. The van der Waals surface area contributed by atoms with Crippen LogP contribution in [0.25, 0.3) is 12.2 Å². The maximum absolute atomic E-state index is 13.0. The number of methoxy groups -OCH3 is 2. The number of allylic oxidation sites excluding steroid dienone is 2. The van der Waals surface area contributed by atoms with Gasteiger partial charge in [-0.3, -0.25) is 9.59 Å². The van der Waals surface area contributed by atoms with Crippen LogP contribution in [0.1, 0.15) is 24.0 Å². The number of rotatable bonds is 24. The van der Waals surface area contributed by atoms with E-state index in [1.54, 1.807) is 26.4 Å². The van der Waals surface area contributed by atoms with Crippen LogP contribution in [0.3, 0.4) is 0 Å². The molecule has 0 radical (unpaired) electrons. The molecule has 0 saturated heterocycles. The highest BCUT2D eigenvalue weighted by Crippen LogP contribution is 2.56. The largest absolute Gasteiger partial charge is 0.493 e. The van der Waals surface area contributed by atoms with Crippen LogP contribution in [0, 0.1) is 0 Å². The summed E-state index contributed by atoms with van der Waals surface area (Å²) in [5, 5.41) is 11.7. The van der Waals surface area contributed by atoms with Gasteiger partial charge in [-0.05, 0) is 120 Å². The molecule has 71 heavy (non-hydrogen) atoms. The lowest BCUT2D eigenvalue weighted by Crippen LogP contribution is -2.41. The Morgan fingerprint density at radius 3 is 1.15 bits per heavy atom. The van der Waals surface area contributed by atoms with Gasteiger partial charge in [0.25, 0.3) is 0 Å². The number of hydrogen-bond donors (Lipinski definition) is 1. The SMILES string of the molecule is COc1cc(/C=C/C(=O)CC(=O)/C=C/c2ccc(OCCN[P+](c3ccccc3)(c3ccccc3)c3ccccc3)c(OC)c2)ccc1OCCC[P+](c1ccccc1)(c1ccccc1)c1ccccc1. The zero-order valence-electron chi connectivity index (χ0n) is 40.2. The highest BCUT2D eigenvalue weighted by molar-refractivity contribution is 7.95. The summed E-state index contributed by atoms with van der Waals surface area (Å²) < 4.78 is 24.1. The maximum Gasteiger partial charge on any atom is 0.178 e. The first-order chi connectivity index (χ1) is 34.9. The molecule has 9 heteroatoms. The van der Waals surface area contributed by atoms with Gasteiger partial charge in [0.1, 0.15) is 45.7 Å². The second-order valence-electron chi connectivity index (χ2n) is 16.8. The van der Waals surface area contributed by atoms with E-state index < -0.39 is 14.7 Å². The molecule has 8 aromatic carbocycles. The number of hydrogen-bond acceptors (Lipinski definition) is 7. The molecule has 356 valence electrons. The molecule has 0 bridgehead atoms. The van der Waals surface area contributed by atoms with Gasteiger partial charge in [-0.2, -0.15) is 5.09 Å². The maximum atomic E-state index is 13.0. The lowest BCUT2D eigenvalue weighted by molar-refractivity contribution is -0.121. The molecule has 0 aliphatic rings. The molecule has 0 atom stereocenters. The Morgan fingerprint density at radius 2 is 0.789 bits per heavy atom. The van der Waals surface area contributed by atoms with Gasteiger partial charge in [-0.25, -0.2) is 0 Å². The summed E-state index contributed by atoms with van der Waals surface area (Å²) in [5.41, 5.74) is 1.49. The van der Waals surface area contributed by atoms with Crippen molar-refractivity contribution in [2.24, 2.45) is 0 Å². The van der Waals surface area contributed by atoms with Gasteiger partial charge in [0, 0.05) is 6.42 Å². The van der Waals surface area contributed by atoms with Gasteiger partial charge in [-0.1, -0.05) is 133 Å². The lowest BCUT2D eigenvalue weighted by atomic mass is 10.1. The molecule has 8 aromatic rings. The van der Waals surface area contributed by atoms with Gasteiger partial charge in [0.05, 0.1) is 40.0 Å². The van der Waals surface area contributed by atoms with Crippen molar-refractivity contribution in [2.75, 3.05) is 40.1 Å². The summed E-state index contributed by atoms with van der Waals surface area (Å²) in [6, 6.07) is 75.4. The van der Waals surface area contributed by atoms with Crippen molar-refractivity contribution in [2.45, 2.75) is 12.8 Å². The monoisotopic (exact) mass is 975 g/mol. The quantitative estimate of drug-likeness (QED) is 0.0280. The van der Waals surface area contributed by atoms with Crippen molar-refractivity contribution < 1.29 is 28.5 Å². The van der Waals surface area contributed by atoms with Crippen LogP contribution in [0.4, 0.5) is 0 Å². The van der Waals surface area contributed by atoms with Gasteiger partial charge in [0.15, 0.2) is 42.0 Å². The number of ketones is 2. The van der Waals surface area contributed by atoms with E-state index in [9.17, 15) is 9.59 Å². The fourth-order valence-electron chi connectivity index (χ4n) is 8.90. The van der Waals surface area contributed by atoms with Crippen molar-refractivity contribution in [1.29, 1.82) is 0 Å². The zero-order chi connectivity index (χ0) is 49.1. The summed E-state index contributed by atoms with van der Waals surface area (Å²) in [6.07, 6.45) is 7.71. The number of benzene rings is 8. The summed E-state index contributed by atoms with van der Waals surface area (Å²) in [5.74, 6) is 1.70. The Kier molecular flexibility index (Phi) is 17.6. The van der Waals surface area contributed by atoms with Gasteiger partial charge >= 0.3 is 0 Å². The van der Waals surface area contributed by atoms with Crippen molar-refractivity contribution in [1.82, 2.24) is 5.09 Å². The Labute approximate surface area is 419 Å². The second kappa shape index (κ2) is 24.9. The van der Waals surface area contributed by atoms with Crippen LogP contribution in [0.2, 0.25) is 0 Å². The van der Waals surface area contributed by atoms with Crippen molar-refractivity contribution in [3.05, 3.63) is 242 Å². The van der Waals surface area contributed by atoms with Gasteiger partial charge in [-0.15, -0.1) is 0 Å².